The van der Waals surface area contributed by atoms with Crippen LogP contribution in [0.3, 0.4) is 0 Å². The standard InChI is InChI=1S/C45H76N6O7/c1-30(2)29-35(44(56)57)50(3)43(55)39(34-25-15-7-16-26-34)48-41(53)37(32-21-11-5-12-22-32)46-40(52)36(31-19-9-4-10-20-31)47-42(54)38(33-23-13-6-14-24-33)49-45(58)51-27-17-8-18-28-51/h30-39H,4-29H2,1-3H3,(H,46,52)(H,47,54)(H,48,53)(H,49,58)(H,56,57)/t35-,36-,37-,38-,39-/m1/s1. The van der Waals surface area contributed by atoms with Gasteiger partial charge in [-0.3, -0.25) is 19.2 Å². The Bertz CT molecular complexity index is 1360. The summed E-state index contributed by atoms with van der Waals surface area (Å²) in [6.45, 7) is 5.20. The first-order valence-corrected chi connectivity index (χ1v) is 23.4. The average molecular weight is 813 g/mol. The number of carboxylic acid groups (broad SMARTS) is 1. The van der Waals surface area contributed by atoms with Gasteiger partial charge < -0.3 is 36.2 Å². The third-order valence-corrected chi connectivity index (χ3v) is 14.2. The first-order chi connectivity index (χ1) is 27.9. The molecule has 13 nitrogen and oxygen atoms in total. The van der Waals surface area contributed by atoms with Crippen molar-refractivity contribution < 1.29 is 33.9 Å². The van der Waals surface area contributed by atoms with Gasteiger partial charge in [0.25, 0.3) is 0 Å². The number of hydrogen-bond donors (Lipinski definition) is 5. The Morgan fingerprint density at radius 2 is 0.845 bits per heavy atom. The van der Waals surface area contributed by atoms with Crippen LogP contribution in [0, 0.1) is 29.6 Å². The molecule has 1 heterocycles. The maximum atomic E-state index is 14.8. The highest BCUT2D eigenvalue weighted by Gasteiger charge is 2.42. The second kappa shape index (κ2) is 22.8. The van der Waals surface area contributed by atoms with Crippen LogP contribution in [0.1, 0.15) is 168 Å². The van der Waals surface area contributed by atoms with Crippen LogP contribution in [0.25, 0.3) is 0 Å². The fraction of sp³-hybridized carbons (Fsp3) is 0.867. The molecule has 328 valence electrons. The predicted octanol–water partition coefficient (Wildman–Crippen LogP) is 6.28. The highest BCUT2D eigenvalue weighted by molar-refractivity contribution is 5.96. The molecule has 5 atom stereocenters. The Morgan fingerprint density at radius 3 is 1.21 bits per heavy atom. The van der Waals surface area contributed by atoms with Crippen LogP contribution in [0.15, 0.2) is 0 Å². The van der Waals surface area contributed by atoms with Crippen LogP contribution in [0.5, 0.6) is 0 Å². The molecular weight excluding hydrogens is 737 g/mol. The van der Waals surface area contributed by atoms with E-state index in [4.69, 9.17) is 0 Å². The van der Waals surface area contributed by atoms with Crippen molar-refractivity contribution in [3.8, 4) is 0 Å². The van der Waals surface area contributed by atoms with Crippen LogP contribution in [0.2, 0.25) is 0 Å². The summed E-state index contributed by atoms with van der Waals surface area (Å²) >= 11 is 0. The van der Waals surface area contributed by atoms with Crippen molar-refractivity contribution in [1.29, 1.82) is 0 Å². The van der Waals surface area contributed by atoms with E-state index in [1.54, 1.807) is 4.90 Å². The molecular formula is C45H76N6O7. The molecule has 5 rings (SSSR count). The molecule has 0 unspecified atom stereocenters. The van der Waals surface area contributed by atoms with Crippen LogP contribution in [-0.2, 0) is 24.0 Å². The van der Waals surface area contributed by atoms with Gasteiger partial charge in [0.05, 0.1) is 0 Å². The monoisotopic (exact) mass is 813 g/mol. The zero-order chi connectivity index (χ0) is 41.6. The lowest BCUT2D eigenvalue weighted by Gasteiger charge is -2.38. The van der Waals surface area contributed by atoms with E-state index < -0.39 is 53.9 Å². The summed E-state index contributed by atoms with van der Waals surface area (Å²) < 4.78 is 0. The van der Waals surface area contributed by atoms with Gasteiger partial charge in [0.2, 0.25) is 23.6 Å². The highest BCUT2D eigenvalue weighted by Crippen LogP contribution is 2.32. The number of likely N-dealkylation sites (N-methyl/N-ethyl adjacent to an activating group) is 1. The second-order valence-electron chi connectivity index (χ2n) is 19.0. The zero-order valence-electron chi connectivity index (χ0n) is 35.9. The predicted molar refractivity (Wildman–Crippen MR) is 223 cm³/mol. The minimum Gasteiger partial charge on any atom is -0.480 e. The molecule has 0 aromatic heterocycles. The lowest BCUT2D eigenvalue weighted by molar-refractivity contribution is -0.152. The smallest absolute Gasteiger partial charge is 0.326 e. The zero-order valence-corrected chi connectivity index (χ0v) is 35.9. The number of hydrogen-bond acceptors (Lipinski definition) is 6. The summed E-state index contributed by atoms with van der Waals surface area (Å²) in [7, 11) is 1.53. The minimum absolute atomic E-state index is 0.0213. The van der Waals surface area contributed by atoms with Crippen molar-refractivity contribution in [2.24, 2.45) is 29.6 Å². The topological polar surface area (TPSA) is 177 Å². The number of rotatable bonds is 16. The second-order valence-corrected chi connectivity index (χ2v) is 19.0. The molecule has 0 radical (unpaired) electrons. The molecule has 1 saturated heterocycles. The number of amides is 6. The van der Waals surface area contributed by atoms with Gasteiger partial charge in [-0.2, -0.15) is 0 Å². The van der Waals surface area contributed by atoms with Gasteiger partial charge in [0.1, 0.15) is 30.2 Å². The largest absolute Gasteiger partial charge is 0.480 e. The molecule has 6 amide bonds. The third kappa shape index (κ3) is 12.8. The maximum absolute atomic E-state index is 14.8. The molecule has 58 heavy (non-hydrogen) atoms. The number of nitrogens with zero attached hydrogens (tertiary/aromatic N) is 2. The van der Waals surface area contributed by atoms with Crippen LogP contribution in [0.4, 0.5) is 4.79 Å². The SMILES string of the molecule is CC(C)C[C@H](C(=O)O)N(C)C(=O)[C@H](NC(=O)[C@H](NC(=O)[C@H](NC(=O)[C@H](NC(=O)N1CCCCC1)C1CCCCC1)C1CCCCC1)C1CCCCC1)C1CCCCC1. The first kappa shape index (κ1) is 45.7. The summed E-state index contributed by atoms with van der Waals surface area (Å²) in [4.78, 5) is 87.3. The average Bonchev–Trinajstić information content (AvgIpc) is 3.25. The Kier molecular flexibility index (Phi) is 18.0. The molecule has 4 saturated carbocycles. The van der Waals surface area contributed by atoms with E-state index in [9.17, 15) is 33.9 Å². The van der Waals surface area contributed by atoms with Crippen molar-refractivity contribution in [3.05, 3.63) is 0 Å². The lowest BCUT2D eigenvalue weighted by Crippen LogP contribution is -2.63. The van der Waals surface area contributed by atoms with E-state index in [0.29, 0.717) is 19.5 Å². The van der Waals surface area contributed by atoms with Gasteiger partial charge in [-0.05, 0) is 107 Å². The Labute approximate surface area is 347 Å². The minimum atomic E-state index is -1.07. The molecule has 0 aromatic rings. The van der Waals surface area contributed by atoms with Crippen molar-refractivity contribution in [2.45, 2.75) is 198 Å². The number of carbonyl (C=O) groups excluding carboxylic acids is 5. The van der Waals surface area contributed by atoms with Crippen LogP contribution >= 0.6 is 0 Å². The molecule has 4 aliphatic carbocycles. The summed E-state index contributed by atoms with van der Waals surface area (Å²) in [5, 5.41) is 22.7. The fourth-order valence-electron chi connectivity index (χ4n) is 10.7. The van der Waals surface area contributed by atoms with Crippen molar-refractivity contribution in [1.82, 2.24) is 31.1 Å². The number of piperidine rings is 1. The number of aliphatic carboxylic acids is 1. The van der Waals surface area contributed by atoms with E-state index in [0.717, 1.165) is 148 Å². The van der Waals surface area contributed by atoms with Gasteiger partial charge in [0.15, 0.2) is 0 Å². The van der Waals surface area contributed by atoms with Gasteiger partial charge in [-0.1, -0.05) is 90.9 Å². The summed E-state index contributed by atoms with van der Waals surface area (Å²) in [6.07, 6.45) is 21.3. The molecule has 5 N–H and O–H groups in total. The van der Waals surface area contributed by atoms with E-state index in [1.807, 2.05) is 13.8 Å². The molecule has 0 bridgehead atoms. The van der Waals surface area contributed by atoms with E-state index in [2.05, 4.69) is 21.3 Å². The fourth-order valence-corrected chi connectivity index (χ4v) is 10.7. The van der Waals surface area contributed by atoms with Crippen molar-refractivity contribution in [2.75, 3.05) is 20.1 Å². The Hall–Kier alpha value is -3.38. The van der Waals surface area contributed by atoms with Gasteiger partial charge >= 0.3 is 12.0 Å². The van der Waals surface area contributed by atoms with E-state index >= 15 is 0 Å². The number of nitrogens with one attached hydrogen (secondary N) is 4. The molecule has 1 aliphatic heterocycles. The molecule has 13 heteroatoms. The normalized spacial score (nSPS) is 23.1. The van der Waals surface area contributed by atoms with Gasteiger partial charge in [-0.25, -0.2) is 9.59 Å². The highest BCUT2D eigenvalue weighted by atomic mass is 16.4. The van der Waals surface area contributed by atoms with Crippen molar-refractivity contribution >= 4 is 35.6 Å². The van der Waals surface area contributed by atoms with Crippen molar-refractivity contribution in [3.63, 3.8) is 0 Å². The molecule has 0 spiro atoms. The summed E-state index contributed by atoms with van der Waals surface area (Å²) in [5.41, 5.74) is 0. The maximum Gasteiger partial charge on any atom is 0.326 e. The van der Waals surface area contributed by atoms with Crippen LogP contribution in [-0.4, -0.2) is 101 Å². The van der Waals surface area contributed by atoms with Gasteiger partial charge in [-0.15, -0.1) is 0 Å². The number of carboxylic acids is 1. The summed E-state index contributed by atoms with van der Waals surface area (Å²) in [6, 6.07) is -4.70. The van der Waals surface area contributed by atoms with Gasteiger partial charge in [0, 0.05) is 20.1 Å². The molecule has 5 aliphatic rings. The number of carbonyl (C=O) groups is 6. The number of likely N-dealkylation sites (tertiary alicyclic amines) is 1. The molecule has 5 fully saturated rings. The Morgan fingerprint density at radius 1 is 0.517 bits per heavy atom. The molecule has 0 aromatic carbocycles. The third-order valence-electron chi connectivity index (χ3n) is 14.2. The van der Waals surface area contributed by atoms with E-state index in [1.165, 1.54) is 11.9 Å². The van der Waals surface area contributed by atoms with E-state index in [-0.39, 0.29) is 41.5 Å². The first-order valence-electron chi connectivity index (χ1n) is 23.4. The Balaban J connectivity index is 1.39. The number of urea groups is 1. The summed E-state index contributed by atoms with van der Waals surface area (Å²) in [5.74, 6) is -3.00. The quantitative estimate of drug-likeness (QED) is 0.122. The van der Waals surface area contributed by atoms with Crippen LogP contribution < -0.4 is 21.3 Å². The lowest BCUT2D eigenvalue weighted by atomic mass is 9.80.